The maximum Gasteiger partial charge on any atom is 0.251 e. The zero-order chi connectivity index (χ0) is 20.2. The van der Waals surface area contributed by atoms with E-state index in [1.807, 2.05) is 44.2 Å². The van der Waals surface area contributed by atoms with Crippen molar-refractivity contribution in [3.8, 4) is 5.75 Å². The Morgan fingerprint density at radius 2 is 1.74 bits per heavy atom. The van der Waals surface area contributed by atoms with Crippen LogP contribution < -0.4 is 10.1 Å². The smallest absolute Gasteiger partial charge is 0.251 e. The number of nitrogens with zero attached hydrogens (tertiary/aromatic N) is 1. The number of carbonyl (C=O) groups excluding carboxylic acids is 1. The van der Waals surface area contributed by atoms with Gasteiger partial charge in [-0.1, -0.05) is 44.2 Å². The molecule has 2 rings (SSSR count). The van der Waals surface area contributed by atoms with E-state index >= 15 is 0 Å². The lowest BCUT2D eigenvalue weighted by Crippen LogP contribution is -2.36. The van der Waals surface area contributed by atoms with Crippen LogP contribution in [-0.4, -0.2) is 46.4 Å². The van der Waals surface area contributed by atoms with Gasteiger partial charge in [0.25, 0.3) is 5.91 Å². The lowest BCUT2D eigenvalue weighted by Gasteiger charge is -2.25. The first-order valence-corrected chi connectivity index (χ1v) is 9.98. The topological polar surface area (TPSA) is 75.7 Å². The highest BCUT2D eigenvalue weighted by atomic mass is 32.2. The van der Waals surface area contributed by atoms with E-state index in [-0.39, 0.29) is 27.5 Å². The van der Waals surface area contributed by atoms with Crippen molar-refractivity contribution in [2.45, 2.75) is 24.2 Å². The summed E-state index contributed by atoms with van der Waals surface area (Å²) in [4.78, 5) is 12.6. The van der Waals surface area contributed by atoms with Crippen LogP contribution in [0.2, 0.25) is 0 Å². The third kappa shape index (κ3) is 4.67. The SMILES string of the molecule is COc1ccc(C(=O)NCC(C)(C)c2ccccc2)cc1S(=O)(=O)N(C)C. The minimum absolute atomic E-state index is 0.0371. The molecule has 2 aromatic rings. The summed E-state index contributed by atoms with van der Waals surface area (Å²) in [5.74, 6) is -0.137. The Bertz CT molecular complexity index is 907. The molecule has 0 heterocycles. The normalized spacial score (nSPS) is 12.1. The first-order valence-electron chi connectivity index (χ1n) is 8.54. The molecule has 0 saturated heterocycles. The molecule has 1 amide bonds. The second-order valence-corrected chi connectivity index (χ2v) is 9.21. The van der Waals surface area contributed by atoms with Crippen LogP contribution in [-0.2, 0) is 15.4 Å². The first kappa shape index (κ1) is 20.9. The van der Waals surface area contributed by atoms with Crippen LogP contribution in [0.25, 0.3) is 0 Å². The van der Waals surface area contributed by atoms with Gasteiger partial charge in [-0.3, -0.25) is 4.79 Å². The Morgan fingerprint density at radius 3 is 2.30 bits per heavy atom. The van der Waals surface area contributed by atoms with Crippen LogP contribution in [0.3, 0.4) is 0 Å². The van der Waals surface area contributed by atoms with Gasteiger partial charge in [0, 0.05) is 31.6 Å². The Hall–Kier alpha value is -2.38. The molecule has 0 radical (unpaired) electrons. The van der Waals surface area contributed by atoms with Gasteiger partial charge in [0.05, 0.1) is 7.11 Å². The molecule has 0 aliphatic heterocycles. The summed E-state index contributed by atoms with van der Waals surface area (Å²) in [5.41, 5.74) is 1.11. The fraction of sp³-hybridized carbons (Fsp3) is 0.350. The number of hydrogen-bond acceptors (Lipinski definition) is 4. The Balaban J connectivity index is 2.25. The van der Waals surface area contributed by atoms with Gasteiger partial charge in [-0.25, -0.2) is 12.7 Å². The highest BCUT2D eigenvalue weighted by molar-refractivity contribution is 7.89. The molecule has 0 aliphatic rings. The molecular formula is C20H26N2O4S. The number of amides is 1. The van der Waals surface area contributed by atoms with Gasteiger partial charge < -0.3 is 10.1 Å². The number of hydrogen-bond donors (Lipinski definition) is 1. The monoisotopic (exact) mass is 390 g/mol. The van der Waals surface area contributed by atoms with Gasteiger partial charge in [-0.15, -0.1) is 0 Å². The molecule has 0 spiro atoms. The quantitative estimate of drug-likeness (QED) is 0.789. The van der Waals surface area contributed by atoms with E-state index in [9.17, 15) is 13.2 Å². The van der Waals surface area contributed by atoms with Crippen LogP contribution in [0.5, 0.6) is 5.75 Å². The fourth-order valence-electron chi connectivity index (χ4n) is 2.61. The summed E-state index contributed by atoms with van der Waals surface area (Å²) in [6, 6.07) is 14.3. The maximum atomic E-state index is 12.6. The molecule has 0 fully saturated rings. The molecule has 0 bridgehead atoms. The number of sulfonamides is 1. The minimum atomic E-state index is -3.73. The van der Waals surface area contributed by atoms with Crippen molar-refractivity contribution in [3.05, 3.63) is 59.7 Å². The van der Waals surface area contributed by atoms with Crippen LogP contribution in [0.1, 0.15) is 29.8 Å². The summed E-state index contributed by atoms with van der Waals surface area (Å²) in [7, 11) is 0.530. The number of ether oxygens (including phenoxy) is 1. The summed E-state index contributed by atoms with van der Waals surface area (Å²) in [5, 5.41) is 2.89. The molecule has 0 aliphatic carbocycles. The Labute approximate surface area is 161 Å². The molecule has 0 aromatic heterocycles. The predicted octanol–water partition coefficient (Wildman–Crippen LogP) is 2.65. The van der Waals surface area contributed by atoms with Gasteiger partial charge >= 0.3 is 0 Å². The predicted molar refractivity (Wildman–Crippen MR) is 106 cm³/mol. The van der Waals surface area contributed by atoms with Crippen molar-refractivity contribution in [1.82, 2.24) is 9.62 Å². The number of carbonyl (C=O) groups is 1. The number of rotatable bonds is 7. The van der Waals surface area contributed by atoms with Crippen LogP contribution in [0.4, 0.5) is 0 Å². The zero-order valence-electron chi connectivity index (χ0n) is 16.3. The summed E-state index contributed by atoms with van der Waals surface area (Å²) >= 11 is 0. The van der Waals surface area contributed by atoms with E-state index in [1.54, 1.807) is 6.07 Å². The number of methoxy groups -OCH3 is 1. The van der Waals surface area contributed by atoms with E-state index in [0.29, 0.717) is 6.54 Å². The van der Waals surface area contributed by atoms with Crippen LogP contribution in [0, 0.1) is 0 Å². The average molecular weight is 391 g/mol. The van der Waals surface area contributed by atoms with Gasteiger partial charge in [0.2, 0.25) is 10.0 Å². The van der Waals surface area contributed by atoms with E-state index in [2.05, 4.69) is 5.32 Å². The minimum Gasteiger partial charge on any atom is -0.495 e. The number of nitrogens with one attached hydrogen (secondary N) is 1. The molecule has 6 nitrogen and oxygen atoms in total. The van der Waals surface area contributed by atoms with Crippen LogP contribution in [0.15, 0.2) is 53.4 Å². The lowest BCUT2D eigenvalue weighted by molar-refractivity contribution is 0.0945. The molecule has 0 atom stereocenters. The summed E-state index contributed by atoms with van der Waals surface area (Å²) in [6.45, 7) is 4.49. The van der Waals surface area contributed by atoms with E-state index in [0.717, 1.165) is 9.87 Å². The van der Waals surface area contributed by atoms with E-state index in [4.69, 9.17) is 4.74 Å². The molecule has 0 saturated carbocycles. The van der Waals surface area contributed by atoms with Crippen molar-refractivity contribution in [2.75, 3.05) is 27.7 Å². The molecule has 27 heavy (non-hydrogen) atoms. The fourth-order valence-corrected chi connectivity index (χ4v) is 3.69. The second kappa shape index (κ2) is 8.10. The molecular weight excluding hydrogens is 364 g/mol. The molecule has 0 unspecified atom stereocenters. The van der Waals surface area contributed by atoms with E-state index in [1.165, 1.54) is 33.3 Å². The molecule has 1 N–H and O–H groups in total. The van der Waals surface area contributed by atoms with Crippen molar-refractivity contribution < 1.29 is 17.9 Å². The standard InChI is InChI=1S/C20H26N2O4S/c1-20(2,16-9-7-6-8-10-16)14-21-19(23)15-11-12-17(26-5)18(13-15)27(24,25)22(3)4/h6-13H,14H2,1-5H3,(H,21,23). The number of benzene rings is 2. The maximum absolute atomic E-state index is 12.6. The highest BCUT2D eigenvalue weighted by Crippen LogP contribution is 2.27. The molecule has 146 valence electrons. The molecule has 7 heteroatoms. The Kier molecular flexibility index (Phi) is 6.28. The Morgan fingerprint density at radius 1 is 1.11 bits per heavy atom. The van der Waals surface area contributed by atoms with E-state index < -0.39 is 10.0 Å². The zero-order valence-corrected chi connectivity index (χ0v) is 17.1. The van der Waals surface area contributed by atoms with Crippen molar-refractivity contribution >= 4 is 15.9 Å². The van der Waals surface area contributed by atoms with Crippen molar-refractivity contribution in [1.29, 1.82) is 0 Å². The van der Waals surface area contributed by atoms with Gasteiger partial charge in [0.1, 0.15) is 10.6 Å². The van der Waals surface area contributed by atoms with Gasteiger partial charge in [0.15, 0.2) is 0 Å². The summed E-state index contributed by atoms with van der Waals surface area (Å²) in [6.07, 6.45) is 0. The lowest BCUT2D eigenvalue weighted by atomic mass is 9.84. The third-order valence-electron chi connectivity index (χ3n) is 4.43. The van der Waals surface area contributed by atoms with Crippen molar-refractivity contribution in [2.24, 2.45) is 0 Å². The first-order chi connectivity index (χ1) is 12.6. The average Bonchev–Trinajstić information content (AvgIpc) is 2.66. The van der Waals surface area contributed by atoms with Crippen molar-refractivity contribution in [3.63, 3.8) is 0 Å². The highest BCUT2D eigenvalue weighted by Gasteiger charge is 2.25. The van der Waals surface area contributed by atoms with Crippen LogP contribution >= 0.6 is 0 Å². The molecule has 2 aromatic carbocycles. The van der Waals surface area contributed by atoms with Gasteiger partial charge in [-0.2, -0.15) is 0 Å². The second-order valence-electron chi connectivity index (χ2n) is 7.09. The largest absolute Gasteiger partial charge is 0.495 e. The van der Waals surface area contributed by atoms with Gasteiger partial charge in [-0.05, 0) is 23.8 Å². The third-order valence-corrected chi connectivity index (χ3v) is 6.27. The summed E-state index contributed by atoms with van der Waals surface area (Å²) < 4.78 is 31.2.